The van der Waals surface area contributed by atoms with Crippen LogP contribution in [0.5, 0.6) is 0 Å². The molecular weight excluding hydrogens is 342 g/mol. The summed E-state index contributed by atoms with van der Waals surface area (Å²) in [5.74, 6) is -0.818. The van der Waals surface area contributed by atoms with E-state index in [1.807, 2.05) is 0 Å². The third kappa shape index (κ3) is 4.35. The van der Waals surface area contributed by atoms with Crippen LogP contribution in [0.2, 0.25) is 0 Å². The molecule has 0 aliphatic carbocycles. The summed E-state index contributed by atoms with van der Waals surface area (Å²) in [6, 6.07) is 2.39. The molecule has 0 amide bonds. The van der Waals surface area contributed by atoms with Gasteiger partial charge < -0.3 is 9.73 Å². The van der Waals surface area contributed by atoms with Gasteiger partial charge in [-0.05, 0) is 32.9 Å². The smallest absolute Gasteiger partial charge is 0.196 e. The number of hydrogen-bond acceptors (Lipinski definition) is 3. The molecule has 21 heavy (non-hydrogen) atoms. The van der Waals surface area contributed by atoms with Crippen molar-refractivity contribution in [2.24, 2.45) is 0 Å². The molecule has 1 heterocycles. The third-order valence-electron chi connectivity index (χ3n) is 2.80. The Kier molecular flexibility index (Phi) is 4.78. The highest BCUT2D eigenvalue weighted by Gasteiger charge is 2.17. The molecule has 1 aromatic heterocycles. The van der Waals surface area contributed by atoms with Gasteiger partial charge in [-0.3, -0.25) is 0 Å². The first kappa shape index (κ1) is 16.1. The van der Waals surface area contributed by atoms with E-state index in [1.165, 1.54) is 18.3 Å². The van der Waals surface area contributed by atoms with Crippen LogP contribution in [0.3, 0.4) is 0 Å². The van der Waals surface area contributed by atoms with Crippen molar-refractivity contribution in [1.82, 2.24) is 10.3 Å². The van der Waals surface area contributed by atoms with E-state index in [-0.39, 0.29) is 16.9 Å². The summed E-state index contributed by atoms with van der Waals surface area (Å²) in [4.78, 5) is 4.07. The lowest BCUT2D eigenvalue weighted by molar-refractivity contribution is 0.411. The number of benzene rings is 1. The fourth-order valence-electron chi connectivity index (χ4n) is 1.86. The maximum Gasteiger partial charge on any atom is 0.196 e. The van der Waals surface area contributed by atoms with Gasteiger partial charge in [0.25, 0.3) is 0 Å². The molecule has 0 saturated carbocycles. The number of halogens is 3. The number of oxazole rings is 1. The monoisotopic (exact) mass is 358 g/mol. The zero-order valence-electron chi connectivity index (χ0n) is 12.1. The number of nitrogens with zero attached hydrogens (tertiary/aromatic N) is 1. The van der Waals surface area contributed by atoms with Gasteiger partial charge in [0.1, 0.15) is 11.6 Å². The Balaban J connectivity index is 2.13. The van der Waals surface area contributed by atoms with Crippen molar-refractivity contribution in [3.63, 3.8) is 0 Å². The molecule has 0 spiro atoms. The van der Waals surface area contributed by atoms with Crippen molar-refractivity contribution in [2.45, 2.75) is 32.7 Å². The fourth-order valence-corrected chi connectivity index (χ4v) is 2.27. The van der Waals surface area contributed by atoms with Gasteiger partial charge in [0, 0.05) is 23.0 Å². The first-order valence-corrected chi connectivity index (χ1v) is 7.40. The second kappa shape index (κ2) is 6.23. The van der Waals surface area contributed by atoms with E-state index < -0.39 is 11.6 Å². The van der Waals surface area contributed by atoms with Crippen LogP contribution in [-0.2, 0) is 6.42 Å². The van der Waals surface area contributed by atoms with Crippen LogP contribution in [0, 0.1) is 11.6 Å². The van der Waals surface area contributed by atoms with Crippen LogP contribution in [-0.4, -0.2) is 17.1 Å². The molecule has 0 saturated heterocycles. The molecule has 2 aromatic rings. The van der Waals surface area contributed by atoms with Crippen molar-refractivity contribution >= 4 is 15.9 Å². The number of hydrogen-bond donors (Lipinski definition) is 1. The van der Waals surface area contributed by atoms with E-state index in [9.17, 15) is 8.78 Å². The maximum absolute atomic E-state index is 13.8. The van der Waals surface area contributed by atoms with Crippen LogP contribution < -0.4 is 5.32 Å². The normalized spacial score (nSPS) is 11.9. The maximum atomic E-state index is 13.8. The largest absolute Gasteiger partial charge is 0.440 e. The van der Waals surface area contributed by atoms with Crippen LogP contribution in [0.15, 0.2) is 27.2 Å². The molecule has 0 aliphatic heterocycles. The van der Waals surface area contributed by atoms with Gasteiger partial charge in [-0.1, -0.05) is 15.9 Å². The molecule has 0 bridgehead atoms. The van der Waals surface area contributed by atoms with Crippen LogP contribution in [0.25, 0.3) is 11.3 Å². The third-order valence-corrected chi connectivity index (χ3v) is 3.26. The van der Waals surface area contributed by atoms with Gasteiger partial charge >= 0.3 is 0 Å². The van der Waals surface area contributed by atoms with Gasteiger partial charge in [0.05, 0.1) is 11.8 Å². The van der Waals surface area contributed by atoms with Crippen LogP contribution in [0.1, 0.15) is 26.7 Å². The average Bonchev–Trinajstić information content (AvgIpc) is 2.74. The number of rotatable bonds is 4. The Hall–Kier alpha value is -1.27. The number of aromatic nitrogens is 1. The lowest BCUT2D eigenvalue weighted by atomic mass is 10.1. The highest BCUT2D eigenvalue weighted by molar-refractivity contribution is 9.10. The first-order chi connectivity index (χ1) is 9.76. The topological polar surface area (TPSA) is 38.1 Å². The van der Waals surface area contributed by atoms with E-state index in [4.69, 9.17) is 4.42 Å². The summed E-state index contributed by atoms with van der Waals surface area (Å²) in [7, 11) is 0. The summed E-state index contributed by atoms with van der Waals surface area (Å²) >= 11 is 3.04. The van der Waals surface area contributed by atoms with E-state index in [0.29, 0.717) is 23.3 Å². The molecule has 6 heteroatoms. The van der Waals surface area contributed by atoms with Crippen LogP contribution >= 0.6 is 15.9 Å². The molecule has 3 nitrogen and oxygen atoms in total. The number of nitrogens with one attached hydrogen (secondary N) is 1. The Bertz CT molecular complexity index is 612. The van der Waals surface area contributed by atoms with Gasteiger partial charge in [-0.15, -0.1) is 0 Å². The molecule has 0 aliphatic rings. The molecule has 1 aromatic carbocycles. The van der Waals surface area contributed by atoms with Crippen molar-refractivity contribution < 1.29 is 13.2 Å². The quantitative estimate of drug-likeness (QED) is 0.884. The summed E-state index contributed by atoms with van der Waals surface area (Å²) < 4.78 is 33.5. The van der Waals surface area contributed by atoms with E-state index >= 15 is 0 Å². The highest BCUT2D eigenvalue weighted by atomic mass is 79.9. The summed E-state index contributed by atoms with van der Waals surface area (Å²) in [5, 5.41) is 3.30. The standard InChI is InChI=1S/C15H17BrF2N2O/c1-15(2,3)20-5-4-13-19-8-12(21-13)14-10(17)6-9(16)7-11(14)18/h6-8,20H,4-5H2,1-3H3. The second-order valence-corrected chi connectivity index (χ2v) is 6.71. The Labute approximate surface area is 130 Å². The lowest BCUT2D eigenvalue weighted by Crippen LogP contribution is -2.37. The fraction of sp³-hybridized carbons (Fsp3) is 0.400. The molecule has 1 N–H and O–H groups in total. The van der Waals surface area contributed by atoms with Crippen molar-refractivity contribution in [2.75, 3.05) is 6.54 Å². The minimum Gasteiger partial charge on any atom is -0.440 e. The molecular formula is C15H17BrF2N2O. The first-order valence-electron chi connectivity index (χ1n) is 6.61. The van der Waals surface area contributed by atoms with Gasteiger partial charge in [-0.2, -0.15) is 0 Å². The summed E-state index contributed by atoms with van der Waals surface area (Å²) in [6.45, 7) is 6.84. The van der Waals surface area contributed by atoms with Gasteiger partial charge in [0.2, 0.25) is 0 Å². The van der Waals surface area contributed by atoms with Gasteiger partial charge in [-0.25, -0.2) is 13.8 Å². The Morgan fingerprint density at radius 2 is 1.86 bits per heavy atom. The van der Waals surface area contributed by atoms with Crippen LogP contribution in [0.4, 0.5) is 8.78 Å². The van der Waals surface area contributed by atoms with E-state index in [1.54, 1.807) is 0 Å². The summed E-state index contributed by atoms with van der Waals surface area (Å²) in [6.07, 6.45) is 1.90. The zero-order chi connectivity index (χ0) is 15.6. The predicted molar refractivity (Wildman–Crippen MR) is 81.0 cm³/mol. The van der Waals surface area contributed by atoms with E-state index in [0.717, 1.165) is 0 Å². The van der Waals surface area contributed by atoms with Crippen molar-refractivity contribution in [3.8, 4) is 11.3 Å². The minimum absolute atomic E-state index is 0.000649. The summed E-state index contributed by atoms with van der Waals surface area (Å²) in [5.41, 5.74) is -0.194. The minimum atomic E-state index is -0.683. The highest BCUT2D eigenvalue weighted by Crippen LogP contribution is 2.29. The molecule has 2 rings (SSSR count). The second-order valence-electron chi connectivity index (χ2n) is 5.79. The van der Waals surface area contributed by atoms with Crippen molar-refractivity contribution in [1.29, 1.82) is 0 Å². The Morgan fingerprint density at radius 3 is 2.43 bits per heavy atom. The van der Waals surface area contributed by atoms with E-state index in [2.05, 4.69) is 47.0 Å². The average molecular weight is 359 g/mol. The molecule has 0 fully saturated rings. The molecule has 114 valence electrons. The SMILES string of the molecule is CC(C)(C)NCCc1ncc(-c2c(F)cc(Br)cc2F)o1. The predicted octanol–water partition coefficient (Wildman–Crippen LogP) is 4.31. The Morgan fingerprint density at radius 1 is 1.24 bits per heavy atom. The molecule has 0 radical (unpaired) electrons. The molecule has 0 unspecified atom stereocenters. The molecule has 0 atom stereocenters. The van der Waals surface area contributed by atoms with Gasteiger partial charge in [0.15, 0.2) is 11.7 Å². The van der Waals surface area contributed by atoms with Crippen molar-refractivity contribution in [3.05, 3.63) is 40.3 Å². The lowest BCUT2D eigenvalue weighted by Gasteiger charge is -2.19. The zero-order valence-corrected chi connectivity index (χ0v) is 13.7.